The van der Waals surface area contributed by atoms with Crippen LogP contribution in [0.15, 0.2) is 60.8 Å². The zero-order chi connectivity index (χ0) is 23.0. The second-order valence-electron chi connectivity index (χ2n) is 11.6. The van der Waals surface area contributed by atoms with E-state index in [1.807, 2.05) is 0 Å². The van der Waals surface area contributed by atoms with E-state index in [0.29, 0.717) is 5.41 Å². The summed E-state index contributed by atoms with van der Waals surface area (Å²) in [6, 6.07) is 20.2. The minimum Gasteiger partial charge on any atom is -0.327 e. The fourth-order valence-corrected chi connectivity index (χ4v) is 8.17. The number of aryl methyl sites for hydroxylation is 2. The molecule has 0 aliphatic heterocycles. The normalized spacial score (nSPS) is 27.6. The molecule has 2 aromatic heterocycles. The summed E-state index contributed by atoms with van der Waals surface area (Å²) in [6.07, 6.45) is 10.7. The van der Waals surface area contributed by atoms with Gasteiger partial charge in [-0.2, -0.15) is 0 Å². The van der Waals surface area contributed by atoms with Gasteiger partial charge in [-0.3, -0.25) is 0 Å². The summed E-state index contributed by atoms with van der Waals surface area (Å²) in [6.45, 7) is 2.29. The molecule has 4 saturated carbocycles. The summed E-state index contributed by atoms with van der Waals surface area (Å²) < 4.78 is 4.56. The molecule has 34 heavy (non-hydrogen) atoms. The third-order valence-electron chi connectivity index (χ3n) is 9.42. The number of hydrogen-bond acceptors (Lipinski definition) is 1. The third kappa shape index (κ3) is 2.95. The summed E-state index contributed by atoms with van der Waals surface area (Å²) >= 11 is 0. The Kier molecular flexibility index (Phi) is 4.37. The van der Waals surface area contributed by atoms with Gasteiger partial charge in [-0.1, -0.05) is 12.1 Å². The first kappa shape index (κ1) is 20.4. The molecule has 4 aliphatic carbocycles. The quantitative estimate of drug-likeness (QED) is 0.328. The van der Waals surface area contributed by atoms with Crippen LogP contribution in [0.3, 0.4) is 0 Å². The van der Waals surface area contributed by atoms with Crippen LogP contribution in [-0.2, 0) is 19.5 Å². The average molecular weight is 449 g/mol. The standard InChI is InChI=1S/C31H34N3/c1-20-25(28-9-6-7-11-33(28)2)15-24(31-17-21-12-22(18-31)14-23(13-21)19-31)16-26(20)30-32-27-8-4-5-10-29(27)34(30)3/h4-11,15-16,21-23H,12-14,17-19H2,1-3H3/q+1. The number of para-hydroxylation sites is 2. The Morgan fingerprint density at radius 1 is 0.882 bits per heavy atom. The minimum atomic E-state index is 0.351. The number of imidazole rings is 1. The molecule has 4 aliphatic rings. The molecule has 0 amide bonds. The minimum absolute atomic E-state index is 0.351. The molecule has 3 heteroatoms. The van der Waals surface area contributed by atoms with Crippen molar-refractivity contribution in [1.29, 1.82) is 0 Å². The van der Waals surface area contributed by atoms with Crippen molar-refractivity contribution in [3.8, 4) is 22.6 Å². The molecule has 8 rings (SSSR count). The van der Waals surface area contributed by atoms with Gasteiger partial charge in [0.1, 0.15) is 12.9 Å². The Morgan fingerprint density at radius 3 is 2.21 bits per heavy atom. The Balaban J connectivity index is 1.49. The topological polar surface area (TPSA) is 21.7 Å². The van der Waals surface area contributed by atoms with Gasteiger partial charge in [-0.15, -0.1) is 0 Å². The predicted molar refractivity (Wildman–Crippen MR) is 137 cm³/mol. The number of rotatable bonds is 3. The lowest BCUT2D eigenvalue weighted by atomic mass is 9.48. The maximum Gasteiger partial charge on any atom is 0.212 e. The zero-order valence-electron chi connectivity index (χ0n) is 20.6. The van der Waals surface area contributed by atoms with Crippen molar-refractivity contribution >= 4 is 11.0 Å². The van der Waals surface area contributed by atoms with E-state index in [4.69, 9.17) is 4.98 Å². The van der Waals surface area contributed by atoms with Crippen LogP contribution in [-0.4, -0.2) is 9.55 Å². The molecule has 4 bridgehead atoms. The van der Waals surface area contributed by atoms with E-state index in [0.717, 1.165) is 29.1 Å². The van der Waals surface area contributed by atoms with E-state index in [1.54, 1.807) is 5.56 Å². The van der Waals surface area contributed by atoms with Crippen molar-refractivity contribution in [3.05, 3.63) is 71.9 Å². The Bertz CT molecular complexity index is 1390. The smallest absolute Gasteiger partial charge is 0.212 e. The number of fused-ring (bicyclic) bond motifs is 1. The van der Waals surface area contributed by atoms with Crippen molar-refractivity contribution in [2.45, 2.75) is 50.9 Å². The van der Waals surface area contributed by atoms with E-state index < -0.39 is 0 Å². The van der Waals surface area contributed by atoms with E-state index in [2.05, 4.69) is 90.9 Å². The lowest BCUT2D eigenvalue weighted by molar-refractivity contribution is -0.660. The molecule has 0 spiro atoms. The lowest BCUT2D eigenvalue weighted by Crippen LogP contribution is -2.48. The van der Waals surface area contributed by atoms with Crippen molar-refractivity contribution in [2.75, 3.05) is 0 Å². The summed E-state index contributed by atoms with van der Waals surface area (Å²) in [7, 11) is 4.34. The summed E-state index contributed by atoms with van der Waals surface area (Å²) in [5, 5.41) is 0. The molecule has 4 aromatic rings. The molecule has 0 radical (unpaired) electrons. The van der Waals surface area contributed by atoms with Crippen LogP contribution in [0.5, 0.6) is 0 Å². The van der Waals surface area contributed by atoms with Crippen molar-refractivity contribution in [2.24, 2.45) is 31.8 Å². The van der Waals surface area contributed by atoms with Crippen LogP contribution in [0.1, 0.15) is 49.7 Å². The monoisotopic (exact) mass is 448 g/mol. The number of benzene rings is 2. The second-order valence-corrected chi connectivity index (χ2v) is 11.6. The summed E-state index contributed by atoms with van der Waals surface area (Å²) in [5.74, 6) is 3.89. The largest absolute Gasteiger partial charge is 0.327 e. The van der Waals surface area contributed by atoms with Crippen LogP contribution in [0.4, 0.5) is 0 Å². The van der Waals surface area contributed by atoms with Gasteiger partial charge in [0.25, 0.3) is 0 Å². The fourth-order valence-electron chi connectivity index (χ4n) is 8.17. The molecule has 3 nitrogen and oxygen atoms in total. The highest BCUT2D eigenvalue weighted by atomic mass is 15.1. The van der Waals surface area contributed by atoms with Crippen LogP contribution in [0.25, 0.3) is 33.7 Å². The average Bonchev–Trinajstić information content (AvgIpc) is 3.15. The summed E-state index contributed by atoms with van der Waals surface area (Å²) in [4.78, 5) is 5.14. The van der Waals surface area contributed by atoms with Crippen molar-refractivity contribution in [3.63, 3.8) is 0 Å². The highest BCUT2D eigenvalue weighted by Crippen LogP contribution is 2.61. The number of aromatic nitrogens is 3. The van der Waals surface area contributed by atoms with Crippen LogP contribution < -0.4 is 4.57 Å². The van der Waals surface area contributed by atoms with Gasteiger partial charge in [-0.25, -0.2) is 9.55 Å². The van der Waals surface area contributed by atoms with E-state index in [9.17, 15) is 0 Å². The maximum atomic E-state index is 5.14. The number of hydrogen-bond donors (Lipinski definition) is 0. The maximum absolute atomic E-state index is 5.14. The summed E-state index contributed by atoms with van der Waals surface area (Å²) in [5.41, 5.74) is 9.46. The predicted octanol–water partition coefficient (Wildman–Crippen LogP) is 6.51. The van der Waals surface area contributed by atoms with Gasteiger partial charge in [0.2, 0.25) is 5.69 Å². The van der Waals surface area contributed by atoms with E-state index in [-0.39, 0.29) is 0 Å². The molecule has 2 heterocycles. The molecular weight excluding hydrogens is 414 g/mol. The Hall–Kier alpha value is -2.94. The number of pyridine rings is 1. The van der Waals surface area contributed by atoms with Gasteiger partial charge in [-0.05, 0) is 110 Å². The fraction of sp³-hybridized carbons (Fsp3) is 0.419. The molecule has 0 unspecified atom stereocenters. The van der Waals surface area contributed by atoms with Crippen LogP contribution >= 0.6 is 0 Å². The Morgan fingerprint density at radius 2 is 1.53 bits per heavy atom. The van der Waals surface area contributed by atoms with Crippen molar-refractivity contribution in [1.82, 2.24) is 9.55 Å². The highest BCUT2D eigenvalue weighted by Gasteiger charge is 2.51. The molecule has 2 aromatic carbocycles. The first-order valence-electron chi connectivity index (χ1n) is 13.0. The van der Waals surface area contributed by atoms with E-state index in [1.165, 1.54) is 66.4 Å². The zero-order valence-corrected chi connectivity index (χ0v) is 20.6. The second kappa shape index (κ2) is 7.28. The van der Waals surface area contributed by atoms with Gasteiger partial charge in [0.05, 0.1) is 16.6 Å². The first-order chi connectivity index (χ1) is 16.5. The molecular formula is C31H34N3+. The van der Waals surface area contributed by atoms with Gasteiger partial charge >= 0.3 is 0 Å². The lowest BCUT2D eigenvalue weighted by Gasteiger charge is -2.57. The van der Waals surface area contributed by atoms with Gasteiger partial charge in [0, 0.05) is 24.7 Å². The van der Waals surface area contributed by atoms with Gasteiger partial charge in [0.15, 0.2) is 6.20 Å². The molecule has 0 N–H and O–H groups in total. The third-order valence-corrected chi connectivity index (χ3v) is 9.42. The van der Waals surface area contributed by atoms with E-state index >= 15 is 0 Å². The van der Waals surface area contributed by atoms with Crippen molar-refractivity contribution < 1.29 is 4.57 Å². The SMILES string of the molecule is Cc1c(-c2nc3ccccc3n2C)cc(C23CC4CC(CC(C4)C2)C3)cc1-c1cccc[n+]1C. The Labute approximate surface area is 202 Å². The van der Waals surface area contributed by atoms with Crippen LogP contribution in [0, 0.1) is 24.7 Å². The molecule has 0 saturated heterocycles. The molecule has 4 fully saturated rings. The van der Waals surface area contributed by atoms with Crippen LogP contribution in [0.2, 0.25) is 0 Å². The van der Waals surface area contributed by atoms with Gasteiger partial charge < -0.3 is 4.57 Å². The molecule has 0 atom stereocenters. The highest BCUT2D eigenvalue weighted by molar-refractivity contribution is 5.83. The number of nitrogens with zero attached hydrogens (tertiary/aromatic N) is 3. The molecule has 172 valence electrons. The first-order valence-corrected chi connectivity index (χ1v) is 13.0.